The van der Waals surface area contributed by atoms with Gasteiger partial charge in [0.05, 0.1) is 13.5 Å². The van der Waals surface area contributed by atoms with Crippen LogP contribution in [0.5, 0.6) is 5.75 Å². The molecule has 1 atom stereocenters. The number of nitrogens with zero attached hydrogens (tertiary/aromatic N) is 1. The second-order valence-corrected chi connectivity index (χ2v) is 8.99. The number of nitrogens with one attached hydrogen (secondary N) is 1. The highest BCUT2D eigenvalue weighted by atomic mass is 32.1. The first-order chi connectivity index (χ1) is 14.2. The summed E-state index contributed by atoms with van der Waals surface area (Å²) in [6, 6.07) is 11.2. The lowest BCUT2D eigenvalue weighted by molar-refractivity contribution is -0.141. The van der Waals surface area contributed by atoms with E-state index in [-0.39, 0.29) is 23.9 Å². The van der Waals surface area contributed by atoms with Crippen LogP contribution in [0.2, 0.25) is 0 Å². The third-order valence-electron chi connectivity index (χ3n) is 5.79. The summed E-state index contributed by atoms with van der Waals surface area (Å²) in [5.74, 6) is 0.706. The lowest BCUT2D eigenvalue weighted by Gasteiger charge is -2.32. The van der Waals surface area contributed by atoms with Gasteiger partial charge < -0.3 is 15.0 Å². The number of hydrogen-bond acceptors (Lipinski definition) is 4. The molecule has 1 aromatic heterocycles. The second-order valence-electron chi connectivity index (χ2n) is 7.95. The first kappa shape index (κ1) is 20.0. The molecule has 2 amide bonds. The van der Waals surface area contributed by atoms with Gasteiger partial charge in [-0.3, -0.25) is 9.59 Å². The third-order valence-corrected chi connectivity index (χ3v) is 6.67. The Hall–Kier alpha value is -2.34. The van der Waals surface area contributed by atoms with Crippen molar-refractivity contribution in [2.24, 2.45) is 0 Å². The van der Waals surface area contributed by atoms with Crippen LogP contribution in [0.15, 0.2) is 41.8 Å². The van der Waals surface area contributed by atoms with E-state index in [1.165, 1.54) is 0 Å². The van der Waals surface area contributed by atoms with Gasteiger partial charge in [0.2, 0.25) is 11.8 Å². The van der Waals surface area contributed by atoms with Crippen LogP contribution in [0.3, 0.4) is 0 Å². The van der Waals surface area contributed by atoms with Crippen molar-refractivity contribution in [3.05, 3.63) is 52.2 Å². The number of hydrogen-bond donors (Lipinski definition) is 1. The molecule has 0 bridgehead atoms. The van der Waals surface area contributed by atoms with Crippen LogP contribution in [-0.2, 0) is 16.0 Å². The fraction of sp³-hybridized carbons (Fsp3) is 0.478. The molecule has 0 radical (unpaired) electrons. The number of carbonyl (C=O) groups is 2. The van der Waals surface area contributed by atoms with Gasteiger partial charge in [-0.25, -0.2) is 0 Å². The molecule has 1 heterocycles. The molecule has 0 saturated heterocycles. The zero-order valence-corrected chi connectivity index (χ0v) is 17.6. The van der Waals surface area contributed by atoms with E-state index in [1.54, 1.807) is 18.4 Å². The highest BCUT2D eigenvalue weighted by Crippen LogP contribution is 2.36. The van der Waals surface area contributed by atoms with Crippen molar-refractivity contribution >= 4 is 23.2 Å². The van der Waals surface area contributed by atoms with E-state index in [2.05, 4.69) is 5.32 Å². The molecule has 154 valence electrons. The van der Waals surface area contributed by atoms with E-state index in [1.807, 2.05) is 46.7 Å². The minimum atomic E-state index is -0.596. The van der Waals surface area contributed by atoms with Gasteiger partial charge in [-0.1, -0.05) is 31.0 Å². The van der Waals surface area contributed by atoms with Crippen molar-refractivity contribution in [2.45, 2.75) is 63.1 Å². The van der Waals surface area contributed by atoms with Gasteiger partial charge in [0.25, 0.3) is 0 Å². The maximum Gasteiger partial charge on any atom is 0.247 e. The number of amides is 2. The topological polar surface area (TPSA) is 58.6 Å². The predicted molar refractivity (Wildman–Crippen MR) is 114 cm³/mol. The summed E-state index contributed by atoms with van der Waals surface area (Å²) < 4.78 is 5.28. The molecule has 0 aliphatic heterocycles. The highest BCUT2D eigenvalue weighted by molar-refractivity contribution is 7.10. The van der Waals surface area contributed by atoms with E-state index < -0.39 is 6.04 Å². The monoisotopic (exact) mass is 412 g/mol. The fourth-order valence-electron chi connectivity index (χ4n) is 4.14. The maximum atomic E-state index is 13.4. The summed E-state index contributed by atoms with van der Waals surface area (Å²) in [5, 5.41) is 5.21. The normalized spacial score (nSPS) is 17.7. The molecule has 2 aromatic rings. The Morgan fingerprint density at radius 1 is 1.14 bits per heavy atom. The molecule has 0 spiro atoms. The standard InChI is InChI=1S/C23H28N2O3S/c1-28-19-12-8-16(9-13-19)22(23(27)24-17-5-2-3-6-17)25(18-10-11-18)21(26)15-20-7-4-14-29-20/h4,7-9,12-14,17-18,22H,2-3,5-6,10-11,15H2,1H3,(H,24,27)/t22-/m1/s1. The molecule has 0 unspecified atom stereocenters. The Kier molecular flexibility index (Phi) is 6.19. The van der Waals surface area contributed by atoms with Crippen LogP contribution in [0.1, 0.15) is 55.0 Å². The van der Waals surface area contributed by atoms with Crippen LogP contribution >= 0.6 is 11.3 Å². The predicted octanol–water partition coefficient (Wildman–Crippen LogP) is 4.09. The minimum absolute atomic E-state index is 0.0253. The summed E-state index contributed by atoms with van der Waals surface area (Å²) in [6.45, 7) is 0. The summed E-state index contributed by atoms with van der Waals surface area (Å²) in [5.41, 5.74) is 0.840. The molecule has 1 N–H and O–H groups in total. The van der Waals surface area contributed by atoms with Crippen LogP contribution in [0.25, 0.3) is 0 Å². The van der Waals surface area contributed by atoms with Crippen LogP contribution in [-0.4, -0.2) is 35.9 Å². The lowest BCUT2D eigenvalue weighted by atomic mass is 10.0. The van der Waals surface area contributed by atoms with Gasteiger partial charge in [0, 0.05) is 17.0 Å². The molecular formula is C23H28N2O3S. The largest absolute Gasteiger partial charge is 0.497 e. The van der Waals surface area contributed by atoms with E-state index in [0.717, 1.165) is 54.7 Å². The number of thiophene rings is 1. The zero-order valence-electron chi connectivity index (χ0n) is 16.8. The van der Waals surface area contributed by atoms with Crippen LogP contribution in [0.4, 0.5) is 0 Å². The molecule has 2 fully saturated rings. The second kappa shape index (κ2) is 8.99. The summed E-state index contributed by atoms with van der Waals surface area (Å²) in [6.07, 6.45) is 6.61. The molecule has 2 saturated carbocycles. The lowest BCUT2D eigenvalue weighted by Crippen LogP contribution is -2.47. The SMILES string of the molecule is COc1ccc([C@H](C(=O)NC2CCCC2)N(C(=O)Cc2cccs2)C2CC2)cc1. The Labute approximate surface area is 176 Å². The highest BCUT2D eigenvalue weighted by Gasteiger charge is 2.41. The van der Waals surface area contributed by atoms with E-state index in [4.69, 9.17) is 4.74 Å². The third kappa shape index (κ3) is 4.81. The van der Waals surface area contributed by atoms with E-state index >= 15 is 0 Å². The van der Waals surface area contributed by atoms with Gasteiger partial charge in [0.1, 0.15) is 11.8 Å². The Morgan fingerprint density at radius 3 is 2.45 bits per heavy atom. The van der Waals surface area contributed by atoms with Gasteiger partial charge in [-0.05, 0) is 54.8 Å². The molecule has 6 heteroatoms. The quantitative estimate of drug-likeness (QED) is 0.710. The summed E-state index contributed by atoms with van der Waals surface area (Å²) >= 11 is 1.58. The van der Waals surface area contributed by atoms with Crippen LogP contribution < -0.4 is 10.1 Å². The number of methoxy groups -OCH3 is 1. The van der Waals surface area contributed by atoms with Gasteiger partial charge in [-0.15, -0.1) is 11.3 Å². The van der Waals surface area contributed by atoms with Crippen molar-refractivity contribution in [3.8, 4) is 5.75 Å². The van der Waals surface area contributed by atoms with Crippen molar-refractivity contribution in [2.75, 3.05) is 7.11 Å². The Balaban J connectivity index is 1.62. The van der Waals surface area contributed by atoms with Crippen molar-refractivity contribution in [1.29, 1.82) is 0 Å². The molecule has 1 aromatic carbocycles. The Bertz CT molecular complexity index is 824. The maximum absolute atomic E-state index is 13.4. The summed E-state index contributed by atoms with van der Waals surface area (Å²) in [4.78, 5) is 29.6. The average molecular weight is 413 g/mol. The first-order valence-corrected chi connectivity index (χ1v) is 11.3. The average Bonchev–Trinajstić information content (AvgIpc) is 3.18. The molecular weight excluding hydrogens is 384 g/mol. The van der Waals surface area contributed by atoms with Gasteiger partial charge >= 0.3 is 0 Å². The van der Waals surface area contributed by atoms with E-state index in [9.17, 15) is 9.59 Å². The molecule has 2 aliphatic carbocycles. The number of carbonyl (C=O) groups excluding carboxylic acids is 2. The van der Waals surface area contributed by atoms with E-state index in [0.29, 0.717) is 6.42 Å². The first-order valence-electron chi connectivity index (χ1n) is 10.4. The molecule has 5 nitrogen and oxygen atoms in total. The molecule has 29 heavy (non-hydrogen) atoms. The summed E-state index contributed by atoms with van der Waals surface area (Å²) in [7, 11) is 1.63. The van der Waals surface area contributed by atoms with Crippen molar-refractivity contribution < 1.29 is 14.3 Å². The molecule has 4 rings (SSSR count). The number of benzene rings is 1. The fourth-order valence-corrected chi connectivity index (χ4v) is 4.84. The van der Waals surface area contributed by atoms with Gasteiger partial charge in [0.15, 0.2) is 0 Å². The molecule has 2 aliphatic rings. The minimum Gasteiger partial charge on any atom is -0.497 e. The van der Waals surface area contributed by atoms with Crippen molar-refractivity contribution in [3.63, 3.8) is 0 Å². The number of ether oxygens (including phenoxy) is 1. The zero-order chi connectivity index (χ0) is 20.2. The number of rotatable bonds is 8. The van der Waals surface area contributed by atoms with Gasteiger partial charge in [-0.2, -0.15) is 0 Å². The Morgan fingerprint density at radius 2 is 1.86 bits per heavy atom. The van der Waals surface area contributed by atoms with Crippen molar-refractivity contribution in [1.82, 2.24) is 10.2 Å². The smallest absolute Gasteiger partial charge is 0.247 e. The van der Waals surface area contributed by atoms with Crippen LogP contribution in [0, 0.1) is 0 Å².